The second-order valence-electron chi connectivity index (χ2n) is 7.22. The number of carbonyl (C=O) groups excluding carboxylic acids is 1. The lowest BCUT2D eigenvalue weighted by Gasteiger charge is -2.25. The fourth-order valence-corrected chi connectivity index (χ4v) is 4.57. The molecule has 1 saturated heterocycles. The summed E-state index contributed by atoms with van der Waals surface area (Å²) in [4.78, 5) is 25.1. The highest BCUT2D eigenvalue weighted by Gasteiger charge is 2.30. The number of likely N-dealkylation sites (tertiary alicyclic amines) is 1. The van der Waals surface area contributed by atoms with Crippen molar-refractivity contribution in [2.24, 2.45) is 0 Å². The van der Waals surface area contributed by atoms with E-state index in [-0.39, 0.29) is 11.9 Å². The van der Waals surface area contributed by atoms with E-state index < -0.39 is 0 Å². The summed E-state index contributed by atoms with van der Waals surface area (Å²) in [5.41, 5.74) is 2.02. The minimum absolute atomic E-state index is 0.0293. The molecule has 5 nitrogen and oxygen atoms in total. The van der Waals surface area contributed by atoms with Crippen molar-refractivity contribution in [3.05, 3.63) is 69.8 Å². The average Bonchev–Trinajstić information content (AvgIpc) is 3.36. The molecule has 29 heavy (non-hydrogen) atoms. The molecule has 150 valence electrons. The molecule has 1 aliphatic rings. The van der Waals surface area contributed by atoms with Gasteiger partial charge in [-0.2, -0.15) is 0 Å². The van der Waals surface area contributed by atoms with Crippen molar-refractivity contribution in [1.29, 1.82) is 0 Å². The number of rotatable bonds is 6. The molecule has 1 amide bonds. The molecule has 0 spiro atoms. The van der Waals surface area contributed by atoms with Gasteiger partial charge in [0.15, 0.2) is 5.13 Å². The predicted octanol–water partition coefficient (Wildman–Crippen LogP) is 5.54. The summed E-state index contributed by atoms with van der Waals surface area (Å²) in [6.45, 7) is 2.81. The van der Waals surface area contributed by atoms with Crippen LogP contribution in [0.5, 0.6) is 0 Å². The molecule has 4 rings (SSSR count). The molecule has 3 heterocycles. The Morgan fingerprint density at radius 1 is 1.31 bits per heavy atom. The van der Waals surface area contributed by atoms with E-state index in [1.807, 2.05) is 60.5 Å². The maximum Gasteiger partial charge on any atom is 0.223 e. The van der Waals surface area contributed by atoms with Crippen molar-refractivity contribution in [1.82, 2.24) is 14.9 Å². The van der Waals surface area contributed by atoms with Gasteiger partial charge >= 0.3 is 0 Å². The first kappa shape index (κ1) is 19.9. The molecular formula is C22H23ClN4OS. The van der Waals surface area contributed by atoms with Crippen LogP contribution in [0.15, 0.2) is 48.7 Å². The summed E-state index contributed by atoms with van der Waals surface area (Å²) >= 11 is 7.65. The molecule has 1 aromatic carbocycles. The Morgan fingerprint density at radius 3 is 2.97 bits per heavy atom. The number of pyridine rings is 1. The standard InChI is InChI=1S/C22H23ClN4OS/c1-15-14-24-22(29-15)26-20-9-3-7-18(25-20)19-8-4-12-27(19)21(28)11-10-16-5-2-6-17(23)13-16/h2-3,5-7,9,13-14,19H,4,8,10-12H2,1H3,(H,24,25,26)/t19-/m1/s1. The molecular weight excluding hydrogens is 404 g/mol. The second-order valence-corrected chi connectivity index (χ2v) is 8.90. The molecule has 0 bridgehead atoms. The van der Waals surface area contributed by atoms with Gasteiger partial charge in [-0.25, -0.2) is 9.97 Å². The van der Waals surface area contributed by atoms with E-state index in [1.54, 1.807) is 11.3 Å². The van der Waals surface area contributed by atoms with Crippen molar-refractivity contribution in [2.75, 3.05) is 11.9 Å². The number of amides is 1. The number of aryl methyl sites for hydroxylation is 2. The van der Waals surface area contributed by atoms with E-state index in [0.717, 1.165) is 46.5 Å². The van der Waals surface area contributed by atoms with Gasteiger partial charge in [0.25, 0.3) is 0 Å². The molecule has 2 aromatic heterocycles. The maximum atomic E-state index is 12.9. The first-order valence-corrected chi connectivity index (χ1v) is 11.0. The number of hydrogen-bond acceptors (Lipinski definition) is 5. The van der Waals surface area contributed by atoms with E-state index in [1.165, 1.54) is 0 Å². The van der Waals surface area contributed by atoms with E-state index in [0.29, 0.717) is 17.9 Å². The number of nitrogens with one attached hydrogen (secondary N) is 1. The van der Waals surface area contributed by atoms with Crippen LogP contribution in [0.3, 0.4) is 0 Å². The summed E-state index contributed by atoms with van der Waals surface area (Å²) in [7, 11) is 0. The lowest BCUT2D eigenvalue weighted by atomic mass is 10.1. The van der Waals surface area contributed by atoms with Gasteiger partial charge in [-0.15, -0.1) is 11.3 Å². The van der Waals surface area contributed by atoms with Crippen LogP contribution in [0.4, 0.5) is 10.9 Å². The Kier molecular flexibility index (Phi) is 6.11. The fraction of sp³-hybridized carbons (Fsp3) is 0.318. The molecule has 0 radical (unpaired) electrons. The summed E-state index contributed by atoms with van der Waals surface area (Å²) in [5.74, 6) is 0.929. The Labute approximate surface area is 179 Å². The molecule has 1 aliphatic heterocycles. The largest absolute Gasteiger partial charge is 0.334 e. The van der Waals surface area contributed by atoms with Crippen molar-refractivity contribution >= 4 is 39.8 Å². The van der Waals surface area contributed by atoms with Gasteiger partial charge in [-0.3, -0.25) is 4.79 Å². The van der Waals surface area contributed by atoms with Crippen LogP contribution in [0.2, 0.25) is 5.02 Å². The number of aromatic nitrogens is 2. The number of thiazole rings is 1. The van der Waals surface area contributed by atoms with Crippen molar-refractivity contribution in [3.63, 3.8) is 0 Å². The number of benzene rings is 1. The van der Waals surface area contributed by atoms with Crippen molar-refractivity contribution < 1.29 is 4.79 Å². The highest BCUT2D eigenvalue weighted by Crippen LogP contribution is 2.32. The van der Waals surface area contributed by atoms with Gasteiger partial charge < -0.3 is 10.2 Å². The average molecular weight is 427 g/mol. The van der Waals surface area contributed by atoms with E-state index in [9.17, 15) is 4.79 Å². The van der Waals surface area contributed by atoms with Gasteiger partial charge in [0, 0.05) is 29.1 Å². The Morgan fingerprint density at radius 2 is 2.17 bits per heavy atom. The minimum atomic E-state index is 0.0293. The molecule has 7 heteroatoms. The number of nitrogens with zero attached hydrogens (tertiary/aromatic N) is 3. The second kappa shape index (κ2) is 8.93. The number of hydrogen-bond donors (Lipinski definition) is 1. The van der Waals surface area contributed by atoms with Gasteiger partial charge in [0.1, 0.15) is 5.82 Å². The minimum Gasteiger partial charge on any atom is -0.334 e. The first-order chi connectivity index (χ1) is 14.1. The molecule has 3 aromatic rings. The Balaban J connectivity index is 1.43. The molecule has 1 N–H and O–H groups in total. The summed E-state index contributed by atoms with van der Waals surface area (Å²) in [6, 6.07) is 13.7. The zero-order valence-corrected chi connectivity index (χ0v) is 17.8. The molecule has 1 fully saturated rings. The Bertz CT molecular complexity index is 1010. The lowest BCUT2D eigenvalue weighted by Crippen LogP contribution is -2.31. The summed E-state index contributed by atoms with van der Waals surface area (Å²) in [6.07, 6.45) is 4.96. The van der Waals surface area contributed by atoms with Crippen LogP contribution in [0, 0.1) is 6.92 Å². The monoisotopic (exact) mass is 426 g/mol. The third-order valence-corrected chi connectivity index (χ3v) is 6.12. The van der Waals surface area contributed by atoms with E-state index >= 15 is 0 Å². The Hall–Kier alpha value is -2.44. The van der Waals surface area contributed by atoms with Crippen LogP contribution in [-0.4, -0.2) is 27.3 Å². The molecule has 0 aliphatic carbocycles. The highest BCUT2D eigenvalue weighted by atomic mass is 35.5. The third kappa shape index (κ3) is 4.95. The van der Waals surface area contributed by atoms with Gasteiger partial charge in [-0.1, -0.05) is 29.8 Å². The highest BCUT2D eigenvalue weighted by molar-refractivity contribution is 7.15. The summed E-state index contributed by atoms with van der Waals surface area (Å²) < 4.78 is 0. The number of anilines is 2. The first-order valence-electron chi connectivity index (χ1n) is 9.79. The quantitative estimate of drug-likeness (QED) is 0.562. The lowest BCUT2D eigenvalue weighted by molar-refractivity contribution is -0.132. The topological polar surface area (TPSA) is 58.1 Å². The number of halogens is 1. The van der Waals surface area contributed by atoms with E-state index in [4.69, 9.17) is 16.6 Å². The SMILES string of the molecule is Cc1cnc(Nc2cccc([C@H]3CCCN3C(=O)CCc3cccc(Cl)c3)n2)s1. The van der Waals surface area contributed by atoms with Crippen LogP contribution in [0.1, 0.15) is 41.4 Å². The molecule has 1 atom stereocenters. The zero-order chi connectivity index (χ0) is 20.2. The smallest absolute Gasteiger partial charge is 0.223 e. The van der Waals surface area contributed by atoms with Gasteiger partial charge in [0.05, 0.1) is 11.7 Å². The molecule has 0 saturated carbocycles. The summed E-state index contributed by atoms with van der Waals surface area (Å²) in [5, 5.41) is 4.80. The van der Waals surface area contributed by atoms with Crippen molar-refractivity contribution in [2.45, 2.75) is 38.6 Å². The maximum absolute atomic E-state index is 12.9. The third-order valence-electron chi connectivity index (χ3n) is 5.06. The van der Waals surface area contributed by atoms with E-state index in [2.05, 4.69) is 10.3 Å². The van der Waals surface area contributed by atoms with Gasteiger partial charge in [0.2, 0.25) is 5.91 Å². The predicted molar refractivity (Wildman–Crippen MR) is 118 cm³/mol. The van der Waals surface area contributed by atoms with Crippen LogP contribution in [-0.2, 0) is 11.2 Å². The van der Waals surface area contributed by atoms with Crippen molar-refractivity contribution in [3.8, 4) is 0 Å². The number of carbonyl (C=O) groups is 1. The fourth-order valence-electron chi connectivity index (χ4n) is 3.69. The van der Waals surface area contributed by atoms with Gasteiger partial charge in [-0.05, 0) is 56.0 Å². The van der Waals surface area contributed by atoms with Crippen LogP contribution >= 0.6 is 22.9 Å². The molecule has 0 unspecified atom stereocenters. The zero-order valence-electron chi connectivity index (χ0n) is 16.3. The van der Waals surface area contributed by atoms with Crippen LogP contribution in [0.25, 0.3) is 0 Å². The van der Waals surface area contributed by atoms with Crippen LogP contribution < -0.4 is 5.32 Å². The normalized spacial score (nSPS) is 16.2.